The number of aryl methyl sites for hydroxylation is 1. The van der Waals surface area contributed by atoms with E-state index >= 15 is 0 Å². The van der Waals surface area contributed by atoms with Crippen molar-refractivity contribution in [3.63, 3.8) is 0 Å². The molecule has 2 aromatic heterocycles. The molecule has 5 nitrogen and oxygen atoms in total. The van der Waals surface area contributed by atoms with E-state index in [9.17, 15) is 21.6 Å². The molecule has 0 radical (unpaired) electrons. The number of hydrogen-bond donors (Lipinski definition) is 0. The van der Waals surface area contributed by atoms with E-state index in [1.807, 2.05) is 19.1 Å². The smallest absolute Gasteiger partial charge is 0.234 e. The summed E-state index contributed by atoms with van der Waals surface area (Å²) in [7, 11) is -3.06. The van der Waals surface area contributed by atoms with Gasteiger partial charge in [0.1, 0.15) is 0 Å². The summed E-state index contributed by atoms with van der Waals surface area (Å²) in [6.45, 7) is 1.86. The van der Waals surface area contributed by atoms with Gasteiger partial charge >= 0.3 is 6.18 Å². The summed E-state index contributed by atoms with van der Waals surface area (Å²) in [6, 6.07) is 3.74. The molecule has 1 saturated carbocycles. The molecule has 154 valence electrons. The standard InChI is InChI=1S/C19H24F3N3O2S/c1-12-9-17(14-3-2-8-28(26,27)11-14)25-18(23-12)10-16(24-25)13-4-6-15(7-5-13)19(20,21)22/h9-10,13-15H,2-8,11H2,1H3/t13-,14?,15-. The zero-order valence-corrected chi connectivity index (χ0v) is 16.6. The lowest BCUT2D eigenvalue weighted by Gasteiger charge is -2.28. The molecule has 0 spiro atoms. The van der Waals surface area contributed by atoms with E-state index in [0.717, 1.165) is 23.5 Å². The average Bonchev–Trinajstić information content (AvgIpc) is 3.03. The predicted molar refractivity (Wildman–Crippen MR) is 99.1 cm³/mol. The third kappa shape index (κ3) is 3.90. The molecule has 1 aliphatic heterocycles. The molecule has 1 aliphatic carbocycles. The fraction of sp³-hybridized carbons (Fsp3) is 0.684. The zero-order chi connectivity index (χ0) is 20.1. The van der Waals surface area contributed by atoms with Crippen molar-refractivity contribution in [1.82, 2.24) is 14.6 Å². The molecule has 1 unspecified atom stereocenters. The van der Waals surface area contributed by atoms with Crippen LogP contribution in [0.3, 0.4) is 0 Å². The number of sulfone groups is 1. The second-order valence-corrected chi connectivity index (χ2v) is 10.4. The van der Waals surface area contributed by atoms with E-state index in [4.69, 9.17) is 0 Å². The van der Waals surface area contributed by atoms with Crippen molar-refractivity contribution in [3.05, 3.63) is 29.2 Å². The molecule has 2 aliphatic rings. The number of aromatic nitrogens is 3. The van der Waals surface area contributed by atoms with Crippen LogP contribution in [0.15, 0.2) is 12.1 Å². The molecule has 3 heterocycles. The van der Waals surface area contributed by atoms with Crippen LogP contribution in [0.5, 0.6) is 0 Å². The summed E-state index contributed by atoms with van der Waals surface area (Å²) in [5.74, 6) is -1.02. The van der Waals surface area contributed by atoms with Gasteiger partial charge in [0.05, 0.1) is 28.8 Å². The van der Waals surface area contributed by atoms with Gasteiger partial charge in [0, 0.05) is 23.6 Å². The van der Waals surface area contributed by atoms with Gasteiger partial charge < -0.3 is 0 Å². The molecule has 0 bridgehead atoms. The first-order valence-corrected chi connectivity index (χ1v) is 11.6. The Labute approximate surface area is 162 Å². The summed E-state index contributed by atoms with van der Waals surface area (Å²) in [6.07, 6.45) is -1.54. The highest BCUT2D eigenvalue weighted by Gasteiger charge is 2.42. The van der Waals surface area contributed by atoms with Crippen LogP contribution in [0.25, 0.3) is 5.65 Å². The van der Waals surface area contributed by atoms with Gasteiger partial charge in [-0.25, -0.2) is 17.9 Å². The summed E-state index contributed by atoms with van der Waals surface area (Å²) < 4.78 is 64.7. The number of fused-ring (bicyclic) bond motifs is 1. The Morgan fingerprint density at radius 1 is 1.07 bits per heavy atom. The number of alkyl halides is 3. The second kappa shape index (κ2) is 7.00. The molecule has 28 heavy (non-hydrogen) atoms. The molecule has 0 aromatic carbocycles. The van der Waals surface area contributed by atoms with Crippen molar-refractivity contribution in [3.8, 4) is 0 Å². The SMILES string of the molecule is Cc1cc(C2CCCS(=O)(=O)C2)n2nc([C@H]3CC[C@H](C(F)(F)F)CC3)cc2n1. The van der Waals surface area contributed by atoms with Crippen LogP contribution >= 0.6 is 0 Å². The van der Waals surface area contributed by atoms with Gasteiger partial charge in [-0.3, -0.25) is 0 Å². The topological polar surface area (TPSA) is 64.3 Å². The molecular formula is C19H24F3N3O2S. The van der Waals surface area contributed by atoms with E-state index in [2.05, 4.69) is 10.1 Å². The van der Waals surface area contributed by atoms with Crippen molar-refractivity contribution < 1.29 is 21.6 Å². The van der Waals surface area contributed by atoms with E-state index in [1.54, 1.807) is 4.52 Å². The third-order valence-corrected chi connectivity index (χ3v) is 7.91. The first-order chi connectivity index (χ1) is 13.1. The minimum absolute atomic E-state index is 0.0106. The molecule has 4 rings (SSSR count). The molecule has 0 N–H and O–H groups in total. The summed E-state index contributed by atoms with van der Waals surface area (Å²) in [4.78, 5) is 4.51. The van der Waals surface area contributed by atoms with Gasteiger partial charge in [-0.1, -0.05) is 0 Å². The van der Waals surface area contributed by atoms with E-state index in [1.165, 1.54) is 0 Å². The van der Waals surface area contributed by atoms with E-state index in [-0.39, 0.29) is 36.2 Å². The lowest BCUT2D eigenvalue weighted by Crippen LogP contribution is -2.27. The van der Waals surface area contributed by atoms with Crippen LogP contribution in [0.2, 0.25) is 0 Å². The summed E-state index contributed by atoms with van der Waals surface area (Å²) in [5.41, 5.74) is 3.03. The number of halogens is 3. The van der Waals surface area contributed by atoms with Gasteiger partial charge in [-0.2, -0.15) is 18.3 Å². The number of nitrogens with zero attached hydrogens (tertiary/aromatic N) is 3. The molecule has 1 saturated heterocycles. The van der Waals surface area contributed by atoms with Crippen LogP contribution < -0.4 is 0 Å². The van der Waals surface area contributed by atoms with Crippen molar-refractivity contribution in [2.45, 2.75) is 63.5 Å². The third-order valence-electron chi connectivity index (χ3n) is 6.09. The maximum atomic E-state index is 12.9. The monoisotopic (exact) mass is 415 g/mol. The molecular weight excluding hydrogens is 391 g/mol. The Balaban J connectivity index is 1.63. The Morgan fingerprint density at radius 3 is 2.43 bits per heavy atom. The maximum Gasteiger partial charge on any atom is 0.391 e. The van der Waals surface area contributed by atoms with Crippen LogP contribution in [-0.2, 0) is 9.84 Å². The predicted octanol–water partition coefficient (Wildman–Crippen LogP) is 4.17. The fourth-order valence-electron chi connectivity index (χ4n) is 4.61. The van der Waals surface area contributed by atoms with Crippen LogP contribution in [0.4, 0.5) is 13.2 Å². The van der Waals surface area contributed by atoms with Crippen molar-refractivity contribution in [1.29, 1.82) is 0 Å². The van der Waals surface area contributed by atoms with E-state index < -0.39 is 21.9 Å². The van der Waals surface area contributed by atoms with Crippen LogP contribution in [0.1, 0.15) is 67.4 Å². The molecule has 1 atom stereocenters. The Kier molecular flexibility index (Phi) is 4.92. The molecule has 2 aromatic rings. The summed E-state index contributed by atoms with van der Waals surface area (Å²) in [5, 5.41) is 4.67. The average molecular weight is 415 g/mol. The number of rotatable bonds is 2. The normalized spacial score (nSPS) is 28.5. The van der Waals surface area contributed by atoms with Crippen molar-refractivity contribution in [2.75, 3.05) is 11.5 Å². The largest absolute Gasteiger partial charge is 0.391 e. The highest BCUT2D eigenvalue weighted by Crippen LogP contribution is 2.42. The molecule has 2 fully saturated rings. The van der Waals surface area contributed by atoms with Gasteiger partial charge in [0.2, 0.25) is 0 Å². The maximum absolute atomic E-state index is 12.9. The van der Waals surface area contributed by atoms with Crippen LogP contribution in [-0.4, -0.2) is 40.7 Å². The number of hydrogen-bond acceptors (Lipinski definition) is 4. The molecule has 0 amide bonds. The van der Waals surface area contributed by atoms with Crippen molar-refractivity contribution in [2.24, 2.45) is 5.92 Å². The first kappa shape index (κ1) is 19.7. The first-order valence-electron chi connectivity index (χ1n) is 9.77. The lowest BCUT2D eigenvalue weighted by molar-refractivity contribution is -0.182. The molecule has 9 heteroatoms. The minimum Gasteiger partial charge on any atom is -0.234 e. The zero-order valence-electron chi connectivity index (χ0n) is 15.7. The van der Waals surface area contributed by atoms with Crippen LogP contribution in [0, 0.1) is 12.8 Å². The van der Waals surface area contributed by atoms with Crippen molar-refractivity contribution >= 4 is 15.5 Å². The van der Waals surface area contributed by atoms with Gasteiger partial charge in [-0.05, 0) is 51.5 Å². The Bertz CT molecular complexity index is 976. The summed E-state index contributed by atoms with van der Waals surface area (Å²) >= 11 is 0. The Morgan fingerprint density at radius 2 is 1.79 bits per heavy atom. The van der Waals surface area contributed by atoms with Gasteiger partial charge in [0.25, 0.3) is 0 Å². The lowest BCUT2D eigenvalue weighted by atomic mass is 9.80. The second-order valence-electron chi connectivity index (χ2n) is 8.21. The van der Waals surface area contributed by atoms with Gasteiger partial charge in [0.15, 0.2) is 15.5 Å². The minimum atomic E-state index is -4.12. The fourth-order valence-corrected chi connectivity index (χ4v) is 6.33. The highest BCUT2D eigenvalue weighted by atomic mass is 32.2. The van der Waals surface area contributed by atoms with E-state index in [0.29, 0.717) is 24.9 Å². The highest BCUT2D eigenvalue weighted by molar-refractivity contribution is 7.91. The quantitative estimate of drug-likeness (QED) is 0.739. The van der Waals surface area contributed by atoms with Gasteiger partial charge in [-0.15, -0.1) is 0 Å². The Hall–Kier alpha value is -1.64.